The summed E-state index contributed by atoms with van der Waals surface area (Å²) in [5, 5.41) is 57.4. The minimum atomic E-state index is -1.56. The van der Waals surface area contributed by atoms with Gasteiger partial charge in [0.2, 0.25) is 0 Å². The molecule has 2 radical (unpaired) electrons. The molecule has 1 saturated heterocycles. The number of hydrogen-bond donors (Lipinski definition) is 4. The van der Waals surface area contributed by atoms with Crippen LogP contribution in [-0.2, 0) is 9.53 Å². The topological polar surface area (TPSA) is 130 Å². The van der Waals surface area contributed by atoms with Crippen molar-refractivity contribution in [1.29, 1.82) is 0 Å². The van der Waals surface area contributed by atoms with Crippen LogP contribution in [0.15, 0.2) is 22.5 Å². The first-order valence-corrected chi connectivity index (χ1v) is 10.1. The Kier molecular flexibility index (Phi) is 15.0. The quantitative estimate of drug-likeness (QED) is 0.139. The van der Waals surface area contributed by atoms with Crippen LogP contribution < -0.4 is 24.0 Å². The van der Waals surface area contributed by atoms with Crippen molar-refractivity contribution >= 4 is 6.29 Å². The average molecular weight is 872 g/mol. The van der Waals surface area contributed by atoms with Crippen LogP contribution in [0.5, 0.6) is 0 Å². The molecule has 10 heteroatoms. The van der Waals surface area contributed by atoms with Crippen molar-refractivity contribution in [2.45, 2.75) is 84.4 Å². The zero-order valence-electron chi connectivity index (χ0n) is 20.5. The SMILES string of the molecule is C/C(=C1\C(O)/C([O-])=C(/C)C(C2(O)COC2CC=O)[C@H](C)C(C)(O)C1(C)C)C(C)O.[Ac].[Ac].[Li+]. The van der Waals surface area contributed by atoms with Crippen molar-refractivity contribution in [2.75, 3.05) is 6.61 Å². The van der Waals surface area contributed by atoms with Gasteiger partial charge in [-0.05, 0) is 44.8 Å². The van der Waals surface area contributed by atoms with Crippen molar-refractivity contribution in [1.82, 2.24) is 0 Å². The van der Waals surface area contributed by atoms with Crippen LogP contribution in [0, 0.1) is 105 Å². The van der Waals surface area contributed by atoms with Crippen LogP contribution in [-0.4, -0.2) is 62.8 Å². The molecule has 2 rings (SSSR count). The minimum absolute atomic E-state index is 0. The summed E-state index contributed by atoms with van der Waals surface area (Å²) in [5.41, 5.74) is -3.13. The van der Waals surface area contributed by atoms with E-state index in [1.54, 1.807) is 48.5 Å². The van der Waals surface area contributed by atoms with Gasteiger partial charge in [-0.25, -0.2) is 0 Å². The third-order valence-corrected chi connectivity index (χ3v) is 7.68. The van der Waals surface area contributed by atoms with E-state index in [1.165, 1.54) is 0 Å². The third kappa shape index (κ3) is 6.03. The van der Waals surface area contributed by atoms with Gasteiger partial charge in [-0.2, -0.15) is 0 Å². The number of aliphatic hydroxyl groups excluding tert-OH is 2. The van der Waals surface area contributed by atoms with Crippen LogP contribution in [0.25, 0.3) is 0 Å². The van der Waals surface area contributed by atoms with Gasteiger partial charge in [0, 0.05) is 106 Å². The summed E-state index contributed by atoms with van der Waals surface area (Å²) in [6.45, 7) is 11.5. The zero-order valence-corrected chi connectivity index (χ0v) is 30.0. The number of rotatable bonds is 4. The second-order valence-electron chi connectivity index (χ2n) is 9.45. The normalized spacial score (nSPS) is 41.3. The first-order chi connectivity index (χ1) is 13.2. The van der Waals surface area contributed by atoms with Gasteiger partial charge >= 0.3 is 18.9 Å². The first-order valence-electron chi connectivity index (χ1n) is 10.1. The number of aldehydes is 1. The van der Waals surface area contributed by atoms with E-state index < -0.39 is 52.5 Å². The van der Waals surface area contributed by atoms with E-state index in [2.05, 4.69) is 0 Å². The Morgan fingerprint density at radius 1 is 1.28 bits per heavy atom. The summed E-state index contributed by atoms with van der Waals surface area (Å²) in [4.78, 5) is 11.0. The van der Waals surface area contributed by atoms with Gasteiger partial charge in [-0.15, -0.1) is 5.76 Å². The summed E-state index contributed by atoms with van der Waals surface area (Å²) in [7, 11) is 0. The van der Waals surface area contributed by atoms with E-state index in [0.717, 1.165) is 0 Å². The second kappa shape index (κ2) is 13.2. The van der Waals surface area contributed by atoms with E-state index in [-0.39, 0.29) is 131 Å². The molecular formula is C22H35Ac2LiO7. The van der Waals surface area contributed by atoms with Crippen molar-refractivity contribution in [3.63, 3.8) is 0 Å². The molecule has 0 spiro atoms. The number of aliphatic hydroxyl groups is 4. The molecule has 1 aliphatic carbocycles. The van der Waals surface area contributed by atoms with E-state index in [4.69, 9.17) is 4.74 Å². The molecule has 0 aromatic carbocycles. The molecule has 0 aromatic rings. The molecule has 6 unspecified atom stereocenters. The largest absolute Gasteiger partial charge is 1.00 e. The standard InChI is InChI=1S/C22H36O7.2Ac.Li/c1-11(14(4)24)17-19(26)18(25)12(2)16(13(3)21(7,27)20(17,5)6)22(28)10-29-15(22)8-9-23;;;/h9,13-16,19,24-28H,8,10H2,1-7H3;;;/q;;;+1/p-1/b17-11-,18-12+;;;/t13-,14?,15?,16?,19?,21?,22?;;;/m0.../s1. The molecule has 0 bridgehead atoms. The Balaban J connectivity index is 0. The molecule has 2 aliphatic rings. The number of ether oxygens (including phenoxy) is 1. The maximum absolute atomic E-state index is 13.2. The van der Waals surface area contributed by atoms with Gasteiger partial charge < -0.3 is 35.1 Å². The van der Waals surface area contributed by atoms with Gasteiger partial charge in [0.15, 0.2) is 0 Å². The average Bonchev–Trinajstić information content (AvgIpc) is 2.63. The maximum Gasteiger partial charge on any atom is 1.00 e. The Morgan fingerprint density at radius 3 is 2.16 bits per heavy atom. The van der Waals surface area contributed by atoms with Crippen molar-refractivity contribution in [3.05, 3.63) is 22.5 Å². The fourth-order valence-electron chi connectivity index (χ4n) is 5.15. The minimum Gasteiger partial charge on any atom is -0.874 e. The summed E-state index contributed by atoms with van der Waals surface area (Å²) < 4.78 is 5.39. The zero-order chi connectivity index (χ0) is 22.5. The van der Waals surface area contributed by atoms with E-state index >= 15 is 0 Å². The van der Waals surface area contributed by atoms with Crippen LogP contribution in [0.4, 0.5) is 0 Å². The van der Waals surface area contributed by atoms with Gasteiger partial charge in [-0.1, -0.05) is 26.3 Å². The maximum atomic E-state index is 13.2. The van der Waals surface area contributed by atoms with Gasteiger partial charge in [0.25, 0.3) is 0 Å². The molecule has 0 amide bonds. The summed E-state index contributed by atoms with van der Waals surface area (Å²) in [5.74, 6) is -1.99. The fourth-order valence-corrected chi connectivity index (χ4v) is 5.15. The molecule has 1 fully saturated rings. The van der Waals surface area contributed by atoms with Crippen LogP contribution in [0.3, 0.4) is 0 Å². The van der Waals surface area contributed by atoms with Crippen molar-refractivity contribution in [2.24, 2.45) is 17.3 Å². The van der Waals surface area contributed by atoms with Crippen LogP contribution in [0.2, 0.25) is 0 Å². The molecule has 32 heavy (non-hydrogen) atoms. The van der Waals surface area contributed by atoms with Crippen molar-refractivity contribution in [3.8, 4) is 0 Å². The predicted molar refractivity (Wildman–Crippen MR) is 106 cm³/mol. The number of hydrogen-bond acceptors (Lipinski definition) is 7. The molecule has 0 aromatic heterocycles. The number of carbonyl (C=O) groups excluding carboxylic acids is 1. The second-order valence-corrected chi connectivity index (χ2v) is 9.45. The van der Waals surface area contributed by atoms with Gasteiger partial charge in [0.05, 0.1) is 30.5 Å². The predicted octanol–water partition coefficient (Wildman–Crippen LogP) is -2.56. The van der Waals surface area contributed by atoms with Gasteiger partial charge in [0.1, 0.15) is 11.9 Å². The molecule has 0 saturated carbocycles. The first kappa shape index (κ1) is 36.4. The molecule has 7 atom stereocenters. The Bertz CT molecular complexity index is 736. The van der Waals surface area contributed by atoms with Crippen LogP contribution in [0.1, 0.15) is 54.9 Å². The molecule has 4 N–H and O–H groups in total. The van der Waals surface area contributed by atoms with Gasteiger partial charge in [-0.3, -0.25) is 0 Å². The molecule has 1 aliphatic heterocycles. The number of carbonyl (C=O) groups is 1. The van der Waals surface area contributed by atoms with E-state index in [9.17, 15) is 30.3 Å². The molecular weight excluding hydrogens is 837 g/mol. The Hall–Kier alpha value is 2.23. The Morgan fingerprint density at radius 2 is 1.78 bits per heavy atom. The molecule has 1 heterocycles. The van der Waals surface area contributed by atoms with E-state index in [0.29, 0.717) is 11.9 Å². The molecule has 172 valence electrons. The Labute approximate surface area is 275 Å². The molecule has 7 nitrogen and oxygen atoms in total. The summed E-state index contributed by atoms with van der Waals surface area (Å²) >= 11 is 0. The third-order valence-electron chi connectivity index (χ3n) is 7.68. The monoisotopic (exact) mass is 872 g/mol. The fraction of sp³-hybridized carbons (Fsp3) is 0.773. The van der Waals surface area contributed by atoms with Crippen molar-refractivity contribution < 1.29 is 142 Å². The van der Waals surface area contributed by atoms with E-state index in [1.807, 2.05) is 0 Å². The summed E-state index contributed by atoms with van der Waals surface area (Å²) in [6, 6.07) is 0. The van der Waals surface area contributed by atoms with Crippen LogP contribution >= 0.6 is 0 Å². The summed E-state index contributed by atoms with van der Waals surface area (Å²) in [6.07, 6.45) is -2.62. The smallest absolute Gasteiger partial charge is 0.874 e.